The molecule has 0 atom stereocenters. The summed E-state index contributed by atoms with van der Waals surface area (Å²) in [4.78, 5) is 38.1. The van der Waals surface area contributed by atoms with Crippen LogP contribution in [0.25, 0.3) is 10.9 Å². The van der Waals surface area contributed by atoms with E-state index in [0.29, 0.717) is 22.3 Å². The SMILES string of the molecule is NC(=O)CCOc1ccccc1NC(=O)c1cc(=O)[nH]c2ccccc12. The van der Waals surface area contributed by atoms with Crippen LogP contribution >= 0.6 is 0 Å². The lowest BCUT2D eigenvalue weighted by Crippen LogP contribution is -2.18. The minimum absolute atomic E-state index is 0.0704. The lowest BCUT2D eigenvalue weighted by molar-refractivity contribution is -0.118. The van der Waals surface area contributed by atoms with Crippen molar-refractivity contribution < 1.29 is 14.3 Å². The summed E-state index contributed by atoms with van der Waals surface area (Å²) in [6.45, 7) is 0.107. The molecule has 2 amide bonds. The molecule has 0 aliphatic carbocycles. The summed E-state index contributed by atoms with van der Waals surface area (Å²) < 4.78 is 5.51. The van der Waals surface area contributed by atoms with Crippen LogP contribution < -0.4 is 21.3 Å². The van der Waals surface area contributed by atoms with Crippen molar-refractivity contribution >= 4 is 28.4 Å². The van der Waals surface area contributed by atoms with Crippen molar-refractivity contribution in [2.75, 3.05) is 11.9 Å². The number of nitrogens with one attached hydrogen (secondary N) is 2. The van der Waals surface area contributed by atoms with E-state index in [1.807, 2.05) is 0 Å². The molecule has 2 aromatic carbocycles. The topological polar surface area (TPSA) is 114 Å². The zero-order chi connectivity index (χ0) is 18.5. The Kier molecular flexibility index (Phi) is 4.98. The van der Waals surface area contributed by atoms with Gasteiger partial charge in [0.15, 0.2) is 0 Å². The molecule has 0 aliphatic heterocycles. The fourth-order valence-electron chi connectivity index (χ4n) is 2.54. The molecule has 4 N–H and O–H groups in total. The van der Waals surface area contributed by atoms with E-state index in [1.165, 1.54) is 6.07 Å². The number of para-hydroxylation sites is 3. The Balaban J connectivity index is 1.87. The molecular weight excluding hydrogens is 334 g/mol. The number of carbonyl (C=O) groups is 2. The lowest BCUT2D eigenvalue weighted by atomic mass is 10.1. The maximum atomic E-state index is 12.7. The number of nitrogens with two attached hydrogens (primary N) is 1. The zero-order valence-corrected chi connectivity index (χ0v) is 13.8. The standard InChI is InChI=1S/C19H17N3O4/c20-17(23)9-10-26-16-8-4-3-7-15(16)22-19(25)13-11-18(24)21-14-6-2-1-5-12(13)14/h1-8,11H,9-10H2,(H2,20,23)(H,21,24)(H,22,25). The number of aromatic amines is 1. The van der Waals surface area contributed by atoms with Gasteiger partial charge in [0.2, 0.25) is 11.5 Å². The average molecular weight is 351 g/mol. The molecule has 0 bridgehead atoms. The van der Waals surface area contributed by atoms with Gasteiger partial charge >= 0.3 is 0 Å². The predicted molar refractivity (Wildman–Crippen MR) is 98.3 cm³/mol. The first-order chi connectivity index (χ1) is 12.5. The van der Waals surface area contributed by atoms with Crippen LogP contribution in [0.4, 0.5) is 5.69 Å². The summed E-state index contributed by atoms with van der Waals surface area (Å²) in [7, 11) is 0. The Morgan fingerprint density at radius 2 is 1.81 bits per heavy atom. The van der Waals surface area contributed by atoms with Crippen molar-refractivity contribution in [3.63, 3.8) is 0 Å². The number of fused-ring (bicyclic) bond motifs is 1. The number of benzene rings is 2. The molecule has 132 valence electrons. The average Bonchev–Trinajstić information content (AvgIpc) is 2.62. The van der Waals surface area contributed by atoms with Gasteiger partial charge in [0.1, 0.15) is 5.75 Å². The molecule has 1 heterocycles. The van der Waals surface area contributed by atoms with Crippen LogP contribution in [0.5, 0.6) is 5.75 Å². The molecule has 0 spiro atoms. The Morgan fingerprint density at radius 1 is 1.08 bits per heavy atom. The van der Waals surface area contributed by atoms with Gasteiger partial charge in [-0.25, -0.2) is 0 Å². The number of hydrogen-bond donors (Lipinski definition) is 3. The Bertz CT molecular complexity index is 1030. The summed E-state index contributed by atoms with van der Waals surface area (Å²) >= 11 is 0. The summed E-state index contributed by atoms with van der Waals surface area (Å²) in [6, 6.07) is 15.2. The van der Waals surface area contributed by atoms with Gasteiger partial charge in [-0.2, -0.15) is 0 Å². The summed E-state index contributed by atoms with van der Waals surface area (Å²) in [6.07, 6.45) is 0.0704. The molecule has 0 radical (unpaired) electrons. The van der Waals surface area contributed by atoms with E-state index in [0.717, 1.165) is 0 Å². The second-order valence-electron chi connectivity index (χ2n) is 5.61. The molecule has 0 saturated heterocycles. The van der Waals surface area contributed by atoms with Gasteiger partial charge in [-0.15, -0.1) is 0 Å². The minimum atomic E-state index is -0.471. The monoisotopic (exact) mass is 351 g/mol. The van der Waals surface area contributed by atoms with Gasteiger partial charge in [-0.05, 0) is 18.2 Å². The van der Waals surface area contributed by atoms with E-state index >= 15 is 0 Å². The van der Waals surface area contributed by atoms with E-state index in [-0.39, 0.29) is 24.2 Å². The molecule has 0 aliphatic rings. The van der Waals surface area contributed by atoms with E-state index in [1.54, 1.807) is 48.5 Å². The molecular formula is C19H17N3O4. The lowest BCUT2D eigenvalue weighted by Gasteiger charge is -2.12. The maximum Gasteiger partial charge on any atom is 0.256 e. The fraction of sp³-hybridized carbons (Fsp3) is 0.105. The maximum absolute atomic E-state index is 12.7. The fourth-order valence-corrected chi connectivity index (χ4v) is 2.54. The highest BCUT2D eigenvalue weighted by atomic mass is 16.5. The van der Waals surface area contributed by atoms with Gasteiger partial charge in [-0.3, -0.25) is 14.4 Å². The molecule has 0 unspecified atom stereocenters. The second-order valence-corrected chi connectivity index (χ2v) is 5.61. The molecule has 3 rings (SSSR count). The highest BCUT2D eigenvalue weighted by Gasteiger charge is 2.14. The third-order valence-corrected chi connectivity index (χ3v) is 3.74. The van der Waals surface area contributed by atoms with Crippen LogP contribution in [0, 0.1) is 0 Å². The molecule has 26 heavy (non-hydrogen) atoms. The first-order valence-corrected chi connectivity index (χ1v) is 7.98. The Morgan fingerprint density at radius 3 is 2.62 bits per heavy atom. The van der Waals surface area contributed by atoms with E-state index < -0.39 is 11.8 Å². The number of amides is 2. The van der Waals surface area contributed by atoms with Crippen molar-refractivity contribution in [3.05, 3.63) is 70.5 Å². The van der Waals surface area contributed by atoms with Crippen molar-refractivity contribution in [2.45, 2.75) is 6.42 Å². The highest BCUT2D eigenvalue weighted by molar-refractivity contribution is 6.12. The molecule has 7 heteroatoms. The number of hydrogen-bond acceptors (Lipinski definition) is 4. The minimum Gasteiger partial charge on any atom is -0.491 e. The van der Waals surface area contributed by atoms with Gasteiger partial charge in [-0.1, -0.05) is 30.3 Å². The van der Waals surface area contributed by atoms with E-state index in [4.69, 9.17) is 10.5 Å². The van der Waals surface area contributed by atoms with Gasteiger partial charge in [0.25, 0.3) is 5.91 Å². The quantitative estimate of drug-likeness (QED) is 0.630. The number of ether oxygens (including phenoxy) is 1. The van der Waals surface area contributed by atoms with E-state index in [2.05, 4.69) is 10.3 Å². The van der Waals surface area contributed by atoms with Gasteiger partial charge < -0.3 is 20.8 Å². The first kappa shape index (κ1) is 17.2. The summed E-state index contributed by atoms with van der Waals surface area (Å²) in [5.74, 6) is -0.490. The van der Waals surface area contributed by atoms with Crippen molar-refractivity contribution in [1.82, 2.24) is 4.98 Å². The van der Waals surface area contributed by atoms with Gasteiger partial charge in [0.05, 0.1) is 24.3 Å². The third-order valence-electron chi connectivity index (χ3n) is 3.74. The zero-order valence-electron chi connectivity index (χ0n) is 13.8. The highest BCUT2D eigenvalue weighted by Crippen LogP contribution is 2.25. The molecule has 7 nitrogen and oxygen atoms in total. The number of carbonyl (C=O) groups excluding carboxylic acids is 2. The predicted octanol–water partition coefficient (Wildman–Crippen LogP) is 2.03. The normalized spacial score (nSPS) is 10.5. The molecule has 3 aromatic rings. The van der Waals surface area contributed by atoms with Crippen LogP contribution in [0.2, 0.25) is 0 Å². The van der Waals surface area contributed by atoms with Gasteiger partial charge in [0, 0.05) is 17.0 Å². The molecule has 0 fully saturated rings. The second kappa shape index (κ2) is 7.52. The van der Waals surface area contributed by atoms with Crippen LogP contribution in [0.1, 0.15) is 16.8 Å². The summed E-state index contributed by atoms with van der Waals surface area (Å²) in [5.41, 5.74) is 6.01. The molecule has 1 aromatic heterocycles. The Hall–Kier alpha value is -3.61. The number of aromatic nitrogens is 1. The third kappa shape index (κ3) is 3.89. The van der Waals surface area contributed by atoms with Crippen LogP contribution in [-0.2, 0) is 4.79 Å². The smallest absolute Gasteiger partial charge is 0.256 e. The summed E-state index contributed by atoms with van der Waals surface area (Å²) in [5, 5.41) is 3.39. The number of anilines is 1. The number of pyridine rings is 1. The van der Waals surface area contributed by atoms with Crippen molar-refractivity contribution in [3.8, 4) is 5.75 Å². The van der Waals surface area contributed by atoms with Crippen molar-refractivity contribution in [2.24, 2.45) is 5.73 Å². The first-order valence-electron chi connectivity index (χ1n) is 7.98. The largest absolute Gasteiger partial charge is 0.491 e. The van der Waals surface area contributed by atoms with Crippen molar-refractivity contribution in [1.29, 1.82) is 0 Å². The molecule has 0 saturated carbocycles. The number of primary amides is 1. The van der Waals surface area contributed by atoms with Crippen LogP contribution in [-0.4, -0.2) is 23.4 Å². The van der Waals surface area contributed by atoms with Crippen LogP contribution in [0.15, 0.2) is 59.4 Å². The number of rotatable bonds is 6. The van der Waals surface area contributed by atoms with Crippen LogP contribution in [0.3, 0.4) is 0 Å². The number of H-pyrrole nitrogens is 1. The Labute approximate surface area is 148 Å². The van der Waals surface area contributed by atoms with E-state index in [9.17, 15) is 14.4 Å².